The lowest BCUT2D eigenvalue weighted by Gasteiger charge is -2.21. The standard InChI is InChI=1S/C21H25N3O2/c1-16-6-2-3-7-18(16)15-26-24-21(25)19-8-4-5-9-20(19)23-14-17-10-12-22-13-11-17/h4-5,8-13,15-16,23H,2-3,6-7,14H2,1H3,(H,24,25). The first-order valence-corrected chi connectivity index (χ1v) is 9.11. The Hall–Kier alpha value is -2.82. The predicted molar refractivity (Wildman–Crippen MR) is 102 cm³/mol. The molecule has 5 nitrogen and oxygen atoms in total. The molecule has 3 rings (SSSR count). The van der Waals surface area contributed by atoms with Gasteiger partial charge in [0.1, 0.15) is 6.26 Å². The topological polar surface area (TPSA) is 63.2 Å². The van der Waals surface area contributed by atoms with Gasteiger partial charge in [-0.25, -0.2) is 0 Å². The number of benzene rings is 1. The van der Waals surface area contributed by atoms with Crippen molar-refractivity contribution >= 4 is 11.6 Å². The first-order chi connectivity index (χ1) is 12.7. The van der Waals surface area contributed by atoms with Crippen molar-refractivity contribution in [2.75, 3.05) is 5.32 Å². The lowest BCUT2D eigenvalue weighted by atomic mass is 9.86. The van der Waals surface area contributed by atoms with E-state index in [1.54, 1.807) is 24.7 Å². The Morgan fingerprint density at radius 3 is 2.85 bits per heavy atom. The molecule has 5 heteroatoms. The molecule has 26 heavy (non-hydrogen) atoms. The van der Waals surface area contributed by atoms with Crippen LogP contribution in [0.25, 0.3) is 0 Å². The van der Waals surface area contributed by atoms with E-state index in [2.05, 4.69) is 22.7 Å². The zero-order chi connectivity index (χ0) is 18.2. The van der Waals surface area contributed by atoms with E-state index in [4.69, 9.17) is 4.84 Å². The number of hydrogen-bond donors (Lipinski definition) is 2. The van der Waals surface area contributed by atoms with Crippen LogP contribution < -0.4 is 10.8 Å². The van der Waals surface area contributed by atoms with Crippen molar-refractivity contribution in [1.82, 2.24) is 10.5 Å². The summed E-state index contributed by atoms with van der Waals surface area (Å²) >= 11 is 0. The van der Waals surface area contributed by atoms with Crippen molar-refractivity contribution in [2.24, 2.45) is 5.92 Å². The molecule has 0 aliphatic heterocycles. The van der Waals surface area contributed by atoms with Crippen molar-refractivity contribution in [3.8, 4) is 0 Å². The molecule has 1 atom stereocenters. The van der Waals surface area contributed by atoms with Crippen LogP contribution in [-0.4, -0.2) is 10.9 Å². The maximum Gasteiger partial charge on any atom is 0.285 e. The van der Waals surface area contributed by atoms with Crippen LogP contribution in [0.2, 0.25) is 0 Å². The molecule has 0 saturated heterocycles. The summed E-state index contributed by atoms with van der Waals surface area (Å²) in [5, 5.41) is 3.30. The highest BCUT2D eigenvalue weighted by molar-refractivity contribution is 5.99. The Labute approximate surface area is 154 Å². The van der Waals surface area contributed by atoms with Crippen molar-refractivity contribution in [3.05, 3.63) is 71.8 Å². The number of pyridine rings is 1. The Morgan fingerprint density at radius 2 is 2.04 bits per heavy atom. The molecule has 2 aromatic rings. The smallest absolute Gasteiger partial charge is 0.285 e. The number of allylic oxidation sites excluding steroid dienone is 1. The molecule has 1 unspecified atom stereocenters. The van der Waals surface area contributed by atoms with E-state index in [9.17, 15) is 4.79 Å². The third-order valence-corrected chi connectivity index (χ3v) is 4.75. The summed E-state index contributed by atoms with van der Waals surface area (Å²) in [5.41, 5.74) is 6.22. The van der Waals surface area contributed by atoms with Gasteiger partial charge in [0.2, 0.25) is 0 Å². The molecule has 1 saturated carbocycles. The highest BCUT2D eigenvalue weighted by Gasteiger charge is 2.15. The molecule has 0 radical (unpaired) electrons. The maximum absolute atomic E-state index is 12.5. The van der Waals surface area contributed by atoms with Crippen LogP contribution in [0.4, 0.5) is 5.69 Å². The van der Waals surface area contributed by atoms with E-state index in [0.29, 0.717) is 18.0 Å². The van der Waals surface area contributed by atoms with Crippen molar-refractivity contribution in [2.45, 2.75) is 39.2 Å². The van der Waals surface area contributed by atoms with Gasteiger partial charge in [-0.2, -0.15) is 5.48 Å². The van der Waals surface area contributed by atoms with Crippen LogP contribution in [0.15, 0.2) is 60.6 Å². The number of nitrogens with one attached hydrogen (secondary N) is 2. The summed E-state index contributed by atoms with van der Waals surface area (Å²) in [6.45, 7) is 2.82. The monoisotopic (exact) mass is 351 g/mol. The van der Waals surface area contributed by atoms with Crippen LogP contribution in [0, 0.1) is 5.92 Å². The van der Waals surface area contributed by atoms with Gasteiger partial charge in [-0.3, -0.25) is 9.78 Å². The first-order valence-electron chi connectivity index (χ1n) is 9.11. The van der Waals surface area contributed by atoms with Gasteiger partial charge < -0.3 is 10.2 Å². The van der Waals surface area contributed by atoms with E-state index in [0.717, 1.165) is 17.7 Å². The highest BCUT2D eigenvalue weighted by Crippen LogP contribution is 2.28. The number of para-hydroxylation sites is 1. The number of rotatable bonds is 6. The largest absolute Gasteiger partial charge is 0.387 e. The molecule has 1 fully saturated rings. The fourth-order valence-electron chi connectivity index (χ4n) is 3.13. The molecule has 2 N–H and O–H groups in total. The summed E-state index contributed by atoms with van der Waals surface area (Å²) in [4.78, 5) is 21.9. The molecular weight excluding hydrogens is 326 g/mol. The zero-order valence-corrected chi connectivity index (χ0v) is 15.1. The van der Waals surface area contributed by atoms with Gasteiger partial charge in [-0.1, -0.05) is 25.5 Å². The molecular formula is C21H25N3O2. The fourth-order valence-corrected chi connectivity index (χ4v) is 3.13. The number of aromatic nitrogens is 1. The van der Waals surface area contributed by atoms with Crippen LogP contribution in [-0.2, 0) is 11.4 Å². The number of hydrogen-bond acceptors (Lipinski definition) is 4. The second kappa shape index (κ2) is 9.04. The normalized spacial score (nSPS) is 18.3. The maximum atomic E-state index is 12.5. The molecule has 0 bridgehead atoms. The molecule has 0 spiro atoms. The molecule has 136 valence electrons. The summed E-state index contributed by atoms with van der Waals surface area (Å²) in [6.07, 6.45) is 9.89. The zero-order valence-electron chi connectivity index (χ0n) is 15.1. The van der Waals surface area contributed by atoms with Gasteiger partial charge >= 0.3 is 0 Å². The Morgan fingerprint density at radius 1 is 1.23 bits per heavy atom. The van der Waals surface area contributed by atoms with E-state index >= 15 is 0 Å². The Kier molecular flexibility index (Phi) is 6.25. The minimum Gasteiger partial charge on any atom is -0.387 e. The quantitative estimate of drug-likeness (QED) is 0.596. The summed E-state index contributed by atoms with van der Waals surface area (Å²) < 4.78 is 0. The predicted octanol–water partition coefficient (Wildman–Crippen LogP) is 4.45. The van der Waals surface area contributed by atoms with Gasteiger partial charge in [0.05, 0.1) is 5.56 Å². The van der Waals surface area contributed by atoms with Crippen LogP contribution >= 0.6 is 0 Å². The molecule has 1 aromatic carbocycles. The number of carbonyl (C=O) groups is 1. The lowest BCUT2D eigenvalue weighted by molar-refractivity contribution is 0.0647. The van der Waals surface area contributed by atoms with Crippen molar-refractivity contribution in [3.63, 3.8) is 0 Å². The number of carbonyl (C=O) groups excluding carboxylic acids is 1. The second-order valence-corrected chi connectivity index (χ2v) is 6.64. The van der Waals surface area contributed by atoms with Gasteiger partial charge in [-0.15, -0.1) is 0 Å². The van der Waals surface area contributed by atoms with Gasteiger partial charge in [0, 0.05) is 24.6 Å². The summed E-state index contributed by atoms with van der Waals surface area (Å²) in [7, 11) is 0. The molecule has 1 aliphatic carbocycles. The Bertz CT molecular complexity index is 759. The minimum absolute atomic E-state index is 0.261. The molecule has 1 amide bonds. The average Bonchev–Trinajstić information content (AvgIpc) is 2.69. The van der Waals surface area contributed by atoms with E-state index < -0.39 is 0 Å². The SMILES string of the molecule is CC1CCCCC1=CONC(=O)c1ccccc1NCc1ccncc1. The van der Waals surface area contributed by atoms with Gasteiger partial charge in [0.15, 0.2) is 0 Å². The molecule has 1 aliphatic rings. The van der Waals surface area contributed by atoms with Crippen LogP contribution in [0.3, 0.4) is 0 Å². The molecule has 1 aromatic heterocycles. The van der Waals surface area contributed by atoms with E-state index in [1.807, 2.05) is 30.3 Å². The van der Waals surface area contributed by atoms with E-state index in [1.165, 1.54) is 24.8 Å². The van der Waals surface area contributed by atoms with Crippen LogP contribution in [0.1, 0.15) is 48.5 Å². The number of anilines is 1. The fraction of sp³-hybridized carbons (Fsp3) is 0.333. The summed E-state index contributed by atoms with van der Waals surface area (Å²) in [5.74, 6) is 0.262. The Balaban J connectivity index is 1.59. The minimum atomic E-state index is -0.261. The third kappa shape index (κ3) is 4.85. The summed E-state index contributed by atoms with van der Waals surface area (Å²) in [6, 6.07) is 11.3. The number of hydroxylamine groups is 1. The average molecular weight is 351 g/mol. The van der Waals surface area contributed by atoms with Gasteiger partial charge in [0.25, 0.3) is 5.91 Å². The van der Waals surface area contributed by atoms with Crippen molar-refractivity contribution < 1.29 is 9.63 Å². The second-order valence-electron chi connectivity index (χ2n) is 6.64. The van der Waals surface area contributed by atoms with Crippen molar-refractivity contribution in [1.29, 1.82) is 0 Å². The third-order valence-electron chi connectivity index (χ3n) is 4.75. The van der Waals surface area contributed by atoms with Gasteiger partial charge in [-0.05, 0) is 60.6 Å². The first kappa shape index (κ1) is 18.0. The van der Waals surface area contributed by atoms with Crippen LogP contribution in [0.5, 0.6) is 0 Å². The van der Waals surface area contributed by atoms with E-state index in [-0.39, 0.29) is 5.91 Å². The number of nitrogens with zero attached hydrogens (tertiary/aromatic N) is 1. The lowest BCUT2D eigenvalue weighted by Crippen LogP contribution is -2.23. The molecule has 1 heterocycles. The highest BCUT2D eigenvalue weighted by atomic mass is 16.6. The number of amides is 1.